The monoisotopic (exact) mass is 114 g/mol. The summed E-state index contributed by atoms with van der Waals surface area (Å²) >= 11 is 0. The number of hydrogen-bond donors (Lipinski definition) is 1. The van der Waals surface area contributed by atoms with E-state index in [-0.39, 0.29) is 17.8 Å². The van der Waals surface area contributed by atoms with Gasteiger partial charge in [-0.1, -0.05) is 6.92 Å². The van der Waals surface area contributed by atoms with E-state index >= 15 is 0 Å². The fourth-order valence-electron chi connectivity index (χ4n) is 1.01. The van der Waals surface area contributed by atoms with Crippen molar-refractivity contribution >= 4 is 5.78 Å². The summed E-state index contributed by atoms with van der Waals surface area (Å²) < 4.78 is 0. The minimum Gasteiger partial charge on any atom is -0.392 e. The van der Waals surface area contributed by atoms with Crippen LogP contribution in [0, 0.1) is 5.92 Å². The van der Waals surface area contributed by atoms with Crippen molar-refractivity contribution in [2.45, 2.75) is 25.9 Å². The normalized spacial score (nSPS) is 38.5. The second-order valence-corrected chi connectivity index (χ2v) is 2.49. The Morgan fingerprint density at radius 3 is 2.38 bits per heavy atom. The number of ketones is 1. The van der Waals surface area contributed by atoms with Gasteiger partial charge in [0.05, 0.1) is 6.10 Å². The number of aliphatic hydroxyl groups excluding tert-OH is 1. The summed E-state index contributed by atoms with van der Waals surface area (Å²) in [6.07, 6.45) is 0.588. The number of hydrogen-bond acceptors (Lipinski definition) is 2. The van der Waals surface area contributed by atoms with Gasteiger partial charge < -0.3 is 5.11 Å². The summed E-state index contributed by atoms with van der Waals surface area (Å²) in [5, 5.41) is 8.95. The van der Waals surface area contributed by atoms with Gasteiger partial charge in [0.2, 0.25) is 0 Å². The molecule has 0 saturated heterocycles. The maximum absolute atomic E-state index is 10.5. The number of Topliss-reactive ketones (excluding diaryl/α,β-unsaturated/α-hetero) is 1. The summed E-state index contributed by atoms with van der Waals surface area (Å²) in [6.45, 7) is 1.90. The van der Waals surface area contributed by atoms with Gasteiger partial charge in [-0.2, -0.15) is 0 Å². The van der Waals surface area contributed by atoms with E-state index in [0.717, 1.165) is 0 Å². The first kappa shape index (κ1) is 5.76. The van der Waals surface area contributed by atoms with Crippen LogP contribution in [0.1, 0.15) is 19.8 Å². The van der Waals surface area contributed by atoms with Crippen LogP contribution in [0.25, 0.3) is 0 Å². The zero-order valence-electron chi connectivity index (χ0n) is 4.92. The third-order valence-corrected chi connectivity index (χ3v) is 1.64. The van der Waals surface area contributed by atoms with Crippen molar-refractivity contribution in [3.05, 3.63) is 0 Å². The van der Waals surface area contributed by atoms with E-state index in [1.165, 1.54) is 0 Å². The van der Waals surface area contributed by atoms with Gasteiger partial charge in [-0.15, -0.1) is 0 Å². The summed E-state index contributed by atoms with van der Waals surface area (Å²) in [5.41, 5.74) is 0. The molecule has 0 aliphatic heterocycles. The lowest BCUT2D eigenvalue weighted by atomic mass is 10.1. The molecule has 0 aromatic rings. The predicted octanol–water partition coefficient (Wildman–Crippen LogP) is 0.346. The van der Waals surface area contributed by atoms with Crippen LogP contribution in [0.2, 0.25) is 0 Å². The molecule has 46 valence electrons. The summed E-state index contributed by atoms with van der Waals surface area (Å²) in [4.78, 5) is 10.5. The minimum atomic E-state index is -0.359. The lowest BCUT2D eigenvalue weighted by molar-refractivity contribution is -0.117. The van der Waals surface area contributed by atoms with E-state index in [9.17, 15) is 4.79 Å². The van der Waals surface area contributed by atoms with Crippen LogP contribution in [-0.2, 0) is 4.79 Å². The van der Waals surface area contributed by atoms with Gasteiger partial charge in [0.15, 0.2) is 0 Å². The van der Waals surface area contributed by atoms with Crippen LogP contribution < -0.4 is 0 Å². The smallest absolute Gasteiger partial charge is 0.135 e. The first-order valence-corrected chi connectivity index (χ1v) is 2.90. The van der Waals surface area contributed by atoms with Crippen LogP contribution in [0.15, 0.2) is 0 Å². The molecule has 0 bridgehead atoms. The topological polar surface area (TPSA) is 37.3 Å². The van der Waals surface area contributed by atoms with Crippen LogP contribution in [0.4, 0.5) is 0 Å². The fraction of sp³-hybridized carbons (Fsp3) is 0.833. The molecule has 0 aromatic heterocycles. The molecular formula is C6H10O2. The Bertz CT molecular complexity index is 97.1. The molecule has 1 rings (SSSR count). The molecule has 1 saturated carbocycles. The minimum absolute atomic E-state index is 0.197. The number of carbonyl (C=O) groups is 1. The van der Waals surface area contributed by atoms with E-state index in [1.807, 2.05) is 6.92 Å². The molecule has 0 spiro atoms. The molecule has 2 nitrogen and oxygen atoms in total. The molecule has 8 heavy (non-hydrogen) atoms. The van der Waals surface area contributed by atoms with Gasteiger partial charge in [0, 0.05) is 12.8 Å². The van der Waals surface area contributed by atoms with Crippen molar-refractivity contribution in [2.75, 3.05) is 0 Å². The number of carbonyl (C=O) groups excluding carboxylic acids is 1. The Morgan fingerprint density at radius 1 is 1.62 bits per heavy atom. The quantitative estimate of drug-likeness (QED) is 0.493. The van der Waals surface area contributed by atoms with Gasteiger partial charge >= 0.3 is 0 Å². The Kier molecular flexibility index (Phi) is 1.34. The second-order valence-electron chi connectivity index (χ2n) is 2.49. The van der Waals surface area contributed by atoms with E-state index in [2.05, 4.69) is 0 Å². The van der Waals surface area contributed by atoms with Crippen molar-refractivity contribution in [3.63, 3.8) is 0 Å². The summed E-state index contributed by atoms with van der Waals surface area (Å²) in [7, 11) is 0. The first-order chi connectivity index (χ1) is 3.70. The van der Waals surface area contributed by atoms with E-state index < -0.39 is 0 Å². The zero-order chi connectivity index (χ0) is 6.15. The summed E-state index contributed by atoms with van der Waals surface area (Å²) in [5.74, 6) is 0.396. The number of rotatable bonds is 0. The molecule has 0 radical (unpaired) electrons. The van der Waals surface area contributed by atoms with Gasteiger partial charge in [0.25, 0.3) is 0 Å². The van der Waals surface area contributed by atoms with Crippen LogP contribution in [0.3, 0.4) is 0 Å². The summed E-state index contributed by atoms with van der Waals surface area (Å²) in [6, 6.07) is 0. The highest BCUT2D eigenvalue weighted by Crippen LogP contribution is 2.20. The zero-order valence-corrected chi connectivity index (χ0v) is 4.92. The van der Waals surface area contributed by atoms with Gasteiger partial charge in [0.1, 0.15) is 5.78 Å². The van der Waals surface area contributed by atoms with E-state index in [1.54, 1.807) is 0 Å². The Hall–Kier alpha value is -0.370. The largest absolute Gasteiger partial charge is 0.392 e. The van der Waals surface area contributed by atoms with Gasteiger partial charge in [-0.05, 0) is 5.92 Å². The maximum atomic E-state index is 10.5. The average molecular weight is 114 g/mol. The number of aliphatic hydroxyl groups is 1. The van der Waals surface area contributed by atoms with Crippen LogP contribution in [-0.4, -0.2) is 17.0 Å². The highest BCUT2D eigenvalue weighted by atomic mass is 16.3. The maximum Gasteiger partial charge on any atom is 0.135 e. The Labute approximate surface area is 48.5 Å². The molecular weight excluding hydrogens is 104 g/mol. The molecule has 1 aliphatic carbocycles. The van der Waals surface area contributed by atoms with Crippen molar-refractivity contribution in [1.82, 2.24) is 0 Å². The standard InChI is InChI=1S/C6H10O2/c1-4-2-5(7)3-6(4)8/h4,6,8H,2-3H2,1H3/t4-,6-/m1/s1. The molecule has 1 fully saturated rings. The Morgan fingerprint density at radius 2 is 2.25 bits per heavy atom. The van der Waals surface area contributed by atoms with Crippen LogP contribution >= 0.6 is 0 Å². The molecule has 2 heteroatoms. The van der Waals surface area contributed by atoms with E-state index in [4.69, 9.17) is 5.11 Å². The molecule has 0 aromatic carbocycles. The molecule has 1 N–H and O–H groups in total. The van der Waals surface area contributed by atoms with Crippen molar-refractivity contribution in [2.24, 2.45) is 5.92 Å². The highest BCUT2D eigenvalue weighted by molar-refractivity contribution is 5.81. The highest BCUT2D eigenvalue weighted by Gasteiger charge is 2.26. The molecule has 0 amide bonds. The lowest BCUT2D eigenvalue weighted by Crippen LogP contribution is -2.07. The van der Waals surface area contributed by atoms with Crippen molar-refractivity contribution in [1.29, 1.82) is 0 Å². The second kappa shape index (κ2) is 1.86. The molecule has 0 unspecified atom stereocenters. The third kappa shape index (κ3) is 0.892. The third-order valence-electron chi connectivity index (χ3n) is 1.64. The molecule has 2 atom stereocenters. The van der Waals surface area contributed by atoms with Crippen molar-refractivity contribution < 1.29 is 9.90 Å². The molecule has 1 aliphatic rings. The first-order valence-electron chi connectivity index (χ1n) is 2.90. The lowest BCUT2D eigenvalue weighted by Gasteiger charge is -2.02. The van der Waals surface area contributed by atoms with Crippen LogP contribution in [0.5, 0.6) is 0 Å². The van der Waals surface area contributed by atoms with Crippen molar-refractivity contribution in [3.8, 4) is 0 Å². The average Bonchev–Trinajstić information content (AvgIpc) is 1.85. The van der Waals surface area contributed by atoms with Gasteiger partial charge in [-0.3, -0.25) is 4.79 Å². The SMILES string of the molecule is C[C@@H]1CC(=O)C[C@H]1O. The fourth-order valence-corrected chi connectivity index (χ4v) is 1.01. The predicted molar refractivity (Wildman–Crippen MR) is 29.4 cm³/mol. The van der Waals surface area contributed by atoms with Gasteiger partial charge in [-0.25, -0.2) is 0 Å². The Balaban J connectivity index is 2.51. The molecule has 0 heterocycles. The van der Waals surface area contributed by atoms with E-state index in [0.29, 0.717) is 12.8 Å².